The number of aliphatic hydroxyl groups excluding tert-OH is 3. The summed E-state index contributed by atoms with van der Waals surface area (Å²) in [5.41, 5.74) is -0.00172. The smallest absolute Gasteiger partial charge is 0.393 e. The lowest BCUT2D eigenvalue weighted by molar-refractivity contribution is -0.181. The van der Waals surface area contributed by atoms with Crippen molar-refractivity contribution >= 4 is 10.4 Å². The molecule has 8 heteroatoms. The Bertz CT molecular complexity index is 862. The number of hydrogen-bond acceptors (Lipinski definition) is 6. The average molecular weight is 517 g/mol. The van der Waals surface area contributed by atoms with E-state index in [1.807, 2.05) is 13.8 Å². The van der Waals surface area contributed by atoms with Crippen molar-refractivity contribution in [2.24, 2.45) is 52.3 Å². The molecule has 4 N–H and O–H groups in total. The van der Waals surface area contributed by atoms with Crippen LogP contribution in [0.15, 0.2) is 0 Å². The third-order valence-electron chi connectivity index (χ3n) is 11.3. The lowest BCUT2D eigenvalue weighted by Gasteiger charge is -2.62. The highest BCUT2D eigenvalue weighted by atomic mass is 32.3. The molecule has 0 radical (unpaired) electrons. The highest BCUT2D eigenvalue weighted by molar-refractivity contribution is 7.80. The zero-order valence-corrected chi connectivity index (χ0v) is 23.0. The molecular formula is C27H48O7S. The van der Waals surface area contributed by atoms with Gasteiger partial charge in [0, 0.05) is 0 Å². The van der Waals surface area contributed by atoms with Crippen LogP contribution in [0.4, 0.5) is 0 Å². The van der Waals surface area contributed by atoms with Gasteiger partial charge in [0.2, 0.25) is 0 Å². The van der Waals surface area contributed by atoms with Gasteiger partial charge in [0.05, 0.1) is 24.4 Å². The maximum absolute atomic E-state index is 11.4. The lowest BCUT2D eigenvalue weighted by Crippen LogP contribution is -2.59. The summed E-state index contributed by atoms with van der Waals surface area (Å²) in [5.74, 6) is 1.62. The molecule has 0 aromatic rings. The van der Waals surface area contributed by atoms with Gasteiger partial charge >= 0.3 is 10.4 Å². The van der Waals surface area contributed by atoms with Gasteiger partial charge in [0.25, 0.3) is 0 Å². The van der Waals surface area contributed by atoms with Crippen LogP contribution in [-0.2, 0) is 14.6 Å². The lowest BCUT2D eigenvalue weighted by atomic mass is 9.43. The minimum atomic E-state index is -4.49. The van der Waals surface area contributed by atoms with E-state index in [2.05, 4.69) is 20.8 Å². The summed E-state index contributed by atoms with van der Waals surface area (Å²) < 4.78 is 36.7. The minimum Gasteiger partial charge on any atom is -0.393 e. The molecule has 4 aliphatic rings. The van der Waals surface area contributed by atoms with E-state index < -0.39 is 28.7 Å². The largest absolute Gasteiger partial charge is 0.397 e. The summed E-state index contributed by atoms with van der Waals surface area (Å²) >= 11 is 0. The molecular weight excluding hydrogens is 468 g/mol. The van der Waals surface area contributed by atoms with E-state index in [-0.39, 0.29) is 40.6 Å². The Hall–Kier alpha value is -0.250. The molecule has 0 amide bonds. The SMILES string of the molecule is CC(C)[C@H](CC[C@@H](C)[C@H]1C[C@H](O)[C@H]2[C@@H]3C[C@@H](O)[C@H]4C[C@@H](O)CC[C@]4(C)[C@H]3CC[C@@]21C)OS(=O)(=O)O. The van der Waals surface area contributed by atoms with Crippen LogP contribution >= 0.6 is 0 Å². The van der Waals surface area contributed by atoms with Gasteiger partial charge in [-0.1, -0.05) is 34.6 Å². The van der Waals surface area contributed by atoms with Crippen molar-refractivity contribution in [3.63, 3.8) is 0 Å². The summed E-state index contributed by atoms with van der Waals surface area (Å²) in [5, 5.41) is 32.9. The summed E-state index contributed by atoms with van der Waals surface area (Å²) in [6.45, 7) is 10.7. The number of hydrogen-bond donors (Lipinski definition) is 4. The van der Waals surface area contributed by atoms with Crippen LogP contribution in [0.1, 0.15) is 92.4 Å². The van der Waals surface area contributed by atoms with Crippen LogP contribution < -0.4 is 0 Å². The van der Waals surface area contributed by atoms with Crippen LogP contribution in [0.25, 0.3) is 0 Å². The fourth-order valence-electron chi connectivity index (χ4n) is 9.55. The summed E-state index contributed by atoms with van der Waals surface area (Å²) in [7, 11) is -4.49. The topological polar surface area (TPSA) is 124 Å². The predicted molar refractivity (Wildman–Crippen MR) is 134 cm³/mol. The first-order valence-electron chi connectivity index (χ1n) is 13.9. The summed E-state index contributed by atoms with van der Waals surface area (Å²) in [4.78, 5) is 0. The molecule has 0 bridgehead atoms. The quantitative estimate of drug-likeness (QED) is 0.374. The molecule has 0 spiro atoms. The molecule has 0 heterocycles. The minimum absolute atomic E-state index is 0.0178. The number of aliphatic hydroxyl groups is 3. The van der Waals surface area contributed by atoms with Crippen molar-refractivity contribution in [2.45, 2.75) is 117 Å². The molecule has 0 aliphatic heterocycles. The first-order chi connectivity index (χ1) is 16.2. The van der Waals surface area contributed by atoms with Crippen LogP contribution in [0.5, 0.6) is 0 Å². The van der Waals surface area contributed by atoms with E-state index in [0.717, 1.165) is 38.5 Å². The first kappa shape index (κ1) is 27.8. The maximum Gasteiger partial charge on any atom is 0.397 e. The van der Waals surface area contributed by atoms with E-state index in [4.69, 9.17) is 4.18 Å². The molecule has 204 valence electrons. The van der Waals surface area contributed by atoms with Crippen molar-refractivity contribution in [3.05, 3.63) is 0 Å². The van der Waals surface area contributed by atoms with Gasteiger partial charge in [-0.05, 0) is 110 Å². The fourth-order valence-corrected chi connectivity index (χ4v) is 10.2. The standard InChI is InChI=1S/C27H48O7S/c1-15(2)24(34-35(31,32)33)7-6-16(3)20-14-23(30)25-18-13-22(29)21-12-17(28)8-10-26(21,4)19(18)9-11-27(20,25)5/h15-25,28-30H,6-14H2,1-5H3,(H,31,32,33)/t16-,17+,18-,19+,20-,21-,22-,23+,24+,25-,26-,27-/m1/s1. The van der Waals surface area contributed by atoms with E-state index >= 15 is 0 Å². The third kappa shape index (κ3) is 5.09. The normalized spacial score (nSPS) is 47.6. The monoisotopic (exact) mass is 516 g/mol. The molecule has 4 saturated carbocycles. The molecule has 0 saturated heterocycles. The highest BCUT2D eigenvalue weighted by Gasteiger charge is 2.64. The molecule has 7 nitrogen and oxygen atoms in total. The Morgan fingerprint density at radius 3 is 2.17 bits per heavy atom. The van der Waals surface area contributed by atoms with Crippen LogP contribution in [-0.4, -0.2) is 52.7 Å². The molecule has 0 aromatic heterocycles. The second kappa shape index (κ2) is 9.81. The average Bonchev–Trinajstić information content (AvgIpc) is 3.02. The van der Waals surface area contributed by atoms with Gasteiger partial charge in [-0.2, -0.15) is 8.42 Å². The molecule has 0 aromatic carbocycles. The number of rotatable bonds is 7. The van der Waals surface area contributed by atoms with Crippen LogP contribution in [0, 0.1) is 52.3 Å². The number of fused-ring (bicyclic) bond motifs is 5. The molecule has 0 unspecified atom stereocenters. The zero-order valence-electron chi connectivity index (χ0n) is 22.1. The molecule has 35 heavy (non-hydrogen) atoms. The van der Waals surface area contributed by atoms with Gasteiger partial charge < -0.3 is 15.3 Å². The van der Waals surface area contributed by atoms with Crippen molar-refractivity contribution in [1.82, 2.24) is 0 Å². The maximum atomic E-state index is 11.4. The third-order valence-corrected chi connectivity index (χ3v) is 11.8. The Morgan fingerprint density at radius 2 is 1.54 bits per heavy atom. The zero-order chi connectivity index (χ0) is 25.9. The summed E-state index contributed by atoms with van der Waals surface area (Å²) in [6.07, 6.45) is 5.67. The van der Waals surface area contributed by atoms with E-state index in [0.29, 0.717) is 37.0 Å². The predicted octanol–water partition coefficient (Wildman–Crippen LogP) is 4.21. The fraction of sp³-hybridized carbons (Fsp3) is 1.00. The van der Waals surface area contributed by atoms with Crippen LogP contribution in [0.2, 0.25) is 0 Å². The first-order valence-corrected chi connectivity index (χ1v) is 15.2. The highest BCUT2D eigenvalue weighted by Crippen LogP contribution is 2.68. The van der Waals surface area contributed by atoms with Crippen molar-refractivity contribution in [1.29, 1.82) is 0 Å². The van der Waals surface area contributed by atoms with Crippen LogP contribution in [0.3, 0.4) is 0 Å². The summed E-state index contributed by atoms with van der Waals surface area (Å²) in [6, 6.07) is 0. The van der Waals surface area contributed by atoms with E-state index in [1.54, 1.807) is 0 Å². The Balaban J connectivity index is 1.50. The van der Waals surface area contributed by atoms with Crippen molar-refractivity contribution in [3.8, 4) is 0 Å². The van der Waals surface area contributed by atoms with Crippen molar-refractivity contribution in [2.75, 3.05) is 0 Å². The molecule has 4 rings (SSSR count). The van der Waals surface area contributed by atoms with E-state index in [1.165, 1.54) is 0 Å². The Morgan fingerprint density at radius 1 is 0.886 bits per heavy atom. The molecule has 12 atom stereocenters. The van der Waals surface area contributed by atoms with Gasteiger partial charge in [-0.15, -0.1) is 0 Å². The second-order valence-electron chi connectivity index (χ2n) is 13.5. The van der Waals surface area contributed by atoms with Gasteiger partial charge in [-0.25, -0.2) is 4.18 Å². The molecule has 4 aliphatic carbocycles. The second-order valence-corrected chi connectivity index (χ2v) is 14.5. The molecule has 4 fully saturated rings. The van der Waals surface area contributed by atoms with Crippen molar-refractivity contribution < 1.29 is 32.5 Å². The van der Waals surface area contributed by atoms with Gasteiger partial charge in [0.15, 0.2) is 0 Å². The Kier molecular flexibility index (Phi) is 7.78. The van der Waals surface area contributed by atoms with Gasteiger partial charge in [0.1, 0.15) is 0 Å². The van der Waals surface area contributed by atoms with E-state index in [9.17, 15) is 28.3 Å². The Labute approximate surface area is 212 Å². The van der Waals surface area contributed by atoms with Gasteiger partial charge in [-0.3, -0.25) is 4.55 Å².